The Bertz CT molecular complexity index is 524. The van der Waals surface area contributed by atoms with Gasteiger partial charge >= 0.3 is 0 Å². The van der Waals surface area contributed by atoms with E-state index in [2.05, 4.69) is 5.92 Å². The van der Waals surface area contributed by atoms with Gasteiger partial charge in [-0.2, -0.15) is 0 Å². The summed E-state index contributed by atoms with van der Waals surface area (Å²) in [5, 5.41) is 11.5. The number of ether oxygens (including phenoxy) is 1. The lowest BCUT2D eigenvalue weighted by Crippen LogP contribution is -1.94. The lowest BCUT2D eigenvalue weighted by Gasteiger charge is -2.08. The molecule has 2 heteroatoms. The predicted octanol–water partition coefficient (Wildman–Crippen LogP) is 2.56. The summed E-state index contributed by atoms with van der Waals surface area (Å²) in [7, 11) is 0. The van der Waals surface area contributed by atoms with Crippen LogP contribution in [0.25, 0.3) is 10.8 Å². The molecule has 0 unspecified atom stereocenters. The zero-order valence-corrected chi connectivity index (χ0v) is 8.10. The number of aromatic hydroxyl groups is 1. The maximum absolute atomic E-state index is 9.64. The number of rotatable bonds is 2. The van der Waals surface area contributed by atoms with Crippen molar-refractivity contribution in [1.82, 2.24) is 0 Å². The molecule has 15 heavy (non-hydrogen) atoms. The molecule has 0 radical (unpaired) electrons. The van der Waals surface area contributed by atoms with Gasteiger partial charge in [0, 0.05) is 5.39 Å². The van der Waals surface area contributed by atoms with E-state index >= 15 is 0 Å². The van der Waals surface area contributed by atoms with Crippen molar-refractivity contribution < 1.29 is 9.84 Å². The molecular weight excluding hydrogens is 188 g/mol. The minimum Gasteiger partial charge on any atom is -0.504 e. The van der Waals surface area contributed by atoms with E-state index in [4.69, 9.17) is 11.2 Å². The first-order valence-corrected chi connectivity index (χ1v) is 4.60. The van der Waals surface area contributed by atoms with Gasteiger partial charge in [0.2, 0.25) is 0 Å². The number of hydrogen-bond donors (Lipinski definition) is 1. The number of phenols is 1. The Morgan fingerprint density at radius 2 is 2.00 bits per heavy atom. The fraction of sp³-hybridized carbons (Fsp3) is 0.0769. The number of phenolic OH excluding ortho intramolecular Hbond substituents is 1. The van der Waals surface area contributed by atoms with E-state index < -0.39 is 0 Å². The lowest BCUT2D eigenvalue weighted by atomic mass is 10.1. The van der Waals surface area contributed by atoms with Gasteiger partial charge in [0.15, 0.2) is 11.5 Å². The fourth-order valence-electron chi connectivity index (χ4n) is 1.50. The summed E-state index contributed by atoms with van der Waals surface area (Å²) in [4.78, 5) is 0. The van der Waals surface area contributed by atoms with Gasteiger partial charge in [-0.1, -0.05) is 36.3 Å². The van der Waals surface area contributed by atoms with E-state index in [1.807, 2.05) is 30.3 Å². The first-order valence-electron chi connectivity index (χ1n) is 4.60. The summed E-state index contributed by atoms with van der Waals surface area (Å²) < 4.78 is 5.31. The molecule has 0 saturated heterocycles. The topological polar surface area (TPSA) is 29.5 Å². The maximum atomic E-state index is 9.64. The van der Waals surface area contributed by atoms with Gasteiger partial charge < -0.3 is 9.84 Å². The maximum Gasteiger partial charge on any atom is 0.170 e. The minimum atomic E-state index is 0.115. The van der Waals surface area contributed by atoms with Gasteiger partial charge in [-0.05, 0) is 11.5 Å². The van der Waals surface area contributed by atoms with Gasteiger partial charge in [-0.15, -0.1) is 6.42 Å². The first-order chi connectivity index (χ1) is 7.33. The largest absolute Gasteiger partial charge is 0.504 e. The number of hydrogen-bond acceptors (Lipinski definition) is 2. The Morgan fingerprint density at radius 1 is 1.20 bits per heavy atom. The van der Waals surface area contributed by atoms with Crippen LogP contribution in [0.2, 0.25) is 0 Å². The van der Waals surface area contributed by atoms with Crippen LogP contribution in [0.15, 0.2) is 36.4 Å². The molecule has 2 aromatic carbocycles. The smallest absolute Gasteiger partial charge is 0.170 e. The van der Waals surface area contributed by atoms with E-state index in [-0.39, 0.29) is 12.4 Å². The van der Waals surface area contributed by atoms with Crippen molar-refractivity contribution in [1.29, 1.82) is 0 Å². The van der Waals surface area contributed by atoms with Gasteiger partial charge in [0.05, 0.1) is 0 Å². The summed E-state index contributed by atoms with van der Waals surface area (Å²) in [6.45, 7) is 0.154. The summed E-state index contributed by atoms with van der Waals surface area (Å²) in [6.07, 6.45) is 5.11. The van der Waals surface area contributed by atoms with Gasteiger partial charge in [-0.25, -0.2) is 0 Å². The lowest BCUT2D eigenvalue weighted by molar-refractivity contribution is 0.346. The van der Waals surface area contributed by atoms with Crippen LogP contribution in [0.3, 0.4) is 0 Å². The van der Waals surface area contributed by atoms with Crippen LogP contribution in [0.1, 0.15) is 0 Å². The molecule has 0 spiro atoms. The normalized spacial score (nSPS) is 9.80. The molecule has 0 atom stereocenters. The Balaban J connectivity index is 2.59. The van der Waals surface area contributed by atoms with Crippen LogP contribution >= 0.6 is 0 Å². The molecule has 0 aliphatic rings. The quantitative estimate of drug-likeness (QED) is 0.751. The van der Waals surface area contributed by atoms with Crippen LogP contribution in [-0.4, -0.2) is 11.7 Å². The third-order valence-corrected chi connectivity index (χ3v) is 2.16. The van der Waals surface area contributed by atoms with Crippen LogP contribution in [0, 0.1) is 12.3 Å². The average Bonchev–Trinajstić information content (AvgIpc) is 2.28. The SMILES string of the molecule is C#CCOc1c(O)ccc2ccccc12. The van der Waals surface area contributed by atoms with Crippen LogP contribution in [0.5, 0.6) is 11.5 Å². The second kappa shape index (κ2) is 3.93. The number of fused-ring (bicyclic) bond motifs is 1. The molecule has 0 bridgehead atoms. The number of benzene rings is 2. The van der Waals surface area contributed by atoms with Crippen molar-refractivity contribution in [3.63, 3.8) is 0 Å². The standard InChI is InChI=1S/C13H10O2/c1-2-9-15-13-11-6-4-3-5-10(11)7-8-12(13)14/h1,3-8,14H,9H2. The fourth-order valence-corrected chi connectivity index (χ4v) is 1.50. The number of terminal acetylenes is 1. The van der Waals surface area contributed by atoms with Gasteiger partial charge in [0.25, 0.3) is 0 Å². The molecule has 0 aromatic heterocycles. The van der Waals surface area contributed by atoms with Crippen molar-refractivity contribution in [2.45, 2.75) is 0 Å². The van der Waals surface area contributed by atoms with E-state index in [9.17, 15) is 5.11 Å². The third kappa shape index (κ3) is 1.72. The predicted molar refractivity (Wildman–Crippen MR) is 59.9 cm³/mol. The molecule has 0 aliphatic heterocycles. The Labute approximate surface area is 88.1 Å². The molecule has 0 heterocycles. The van der Waals surface area contributed by atoms with E-state index in [1.54, 1.807) is 6.07 Å². The van der Waals surface area contributed by atoms with Crippen molar-refractivity contribution >= 4 is 10.8 Å². The third-order valence-electron chi connectivity index (χ3n) is 2.16. The molecule has 0 saturated carbocycles. The monoisotopic (exact) mass is 198 g/mol. The summed E-state index contributed by atoms with van der Waals surface area (Å²) in [6, 6.07) is 11.1. The molecule has 0 aliphatic carbocycles. The molecule has 74 valence electrons. The Hall–Kier alpha value is -2.14. The van der Waals surface area contributed by atoms with E-state index in [0.29, 0.717) is 5.75 Å². The molecule has 2 aromatic rings. The summed E-state index contributed by atoms with van der Waals surface area (Å²) in [5.41, 5.74) is 0. The van der Waals surface area contributed by atoms with Crippen molar-refractivity contribution in [2.75, 3.05) is 6.61 Å². The second-order valence-electron chi connectivity index (χ2n) is 3.13. The Kier molecular flexibility index (Phi) is 2.47. The molecule has 0 amide bonds. The molecule has 1 N–H and O–H groups in total. The summed E-state index contributed by atoms with van der Waals surface area (Å²) >= 11 is 0. The average molecular weight is 198 g/mol. The minimum absolute atomic E-state index is 0.115. The van der Waals surface area contributed by atoms with E-state index in [0.717, 1.165) is 10.8 Å². The Morgan fingerprint density at radius 3 is 2.80 bits per heavy atom. The highest BCUT2D eigenvalue weighted by Gasteiger charge is 2.06. The highest BCUT2D eigenvalue weighted by Crippen LogP contribution is 2.34. The molecular formula is C13H10O2. The first kappa shape index (κ1) is 9.42. The van der Waals surface area contributed by atoms with Crippen LogP contribution in [-0.2, 0) is 0 Å². The molecule has 2 nitrogen and oxygen atoms in total. The summed E-state index contributed by atoms with van der Waals surface area (Å²) in [5.74, 6) is 2.94. The van der Waals surface area contributed by atoms with Crippen molar-refractivity contribution in [3.8, 4) is 23.8 Å². The zero-order valence-electron chi connectivity index (χ0n) is 8.10. The zero-order chi connectivity index (χ0) is 10.7. The second-order valence-corrected chi connectivity index (χ2v) is 3.13. The van der Waals surface area contributed by atoms with E-state index in [1.165, 1.54) is 0 Å². The molecule has 2 rings (SSSR count). The highest BCUT2D eigenvalue weighted by molar-refractivity contribution is 5.90. The molecule has 0 fully saturated rings. The highest BCUT2D eigenvalue weighted by atomic mass is 16.5. The van der Waals surface area contributed by atoms with Crippen molar-refractivity contribution in [3.05, 3.63) is 36.4 Å². The van der Waals surface area contributed by atoms with Crippen LogP contribution < -0.4 is 4.74 Å². The van der Waals surface area contributed by atoms with Crippen molar-refractivity contribution in [2.24, 2.45) is 0 Å². The van der Waals surface area contributed by atoms with Crippen LogP contribution in [0.4, 0.5) is 0 Å². The van der Waals surface area contributed by atoms with Gasteiger partial charge in [0.1, 0.15) is 6.61 Å². The van der Waals surface area contributed by atoms with Gasteiger partial charge in [-0.3, -0.25) is 0 Å².